The molecule has 0 atom stereocenters. The van der Waals surface area contributed by atoms with Crippen molar-refractivity contribution in [3.63, 3.8) is 0 Å². The Labute approximate surface area is 140 Å². The second kappa shape index (κ2) is 6.55. The van der Waals surface area contributed by atoms with Crippen LogP contribution in [0.25, 0.3) is 0 Å². The number of nitrogens with two attached hydrogens (primary N) is 1. The lowest BCUT2D eigenvalue weighted by atomic mass is 10.1. The molecule has 3 aromatic rings. The van der Waals surface area contributed by atoms with Gasteiger partial charge in [0, 0.05) is 6.42 Å². The lowest BCUT2D eigenvalue weighted by Crippen LogP contribution is -2.07. The van der Waals surface area contributed by atoms with Gasteiger partial charge in [-0.15, -0.1) is 0 Å². The van der Waals surface area contributed by atoms with E-state index in [1.807, 2.05) is 31.2 Å². The van der Waals surface area contributed by atoms with Crippen LogP contribution in [-0.4, -0.2) is 9.78 Å². The third-order valence-electron chi connectivity index (χ3n) is 4.04. The van der Waals surface area contributed by atoms with Gasteiger partial charge in [0.1, 0.15) is 23.3 Å². The number of hydrogen-bond acceptors (Lipinski definition) is 3. The molecule has 0 amide bonds. The van der Waals surface area contributed by atoms with Gasteiger partial charge < -0.3 is 5.73 Å². The first-order chi connectivity index (χ1) is 11.6. The Morgan fingerprint density at radius 3 is 2.54 bits per heavy atom. The minimum Gasteiger partial charge on any atom is -0.383 e. The van der Waals surface area contributed by atoms with Crippen LogP contribution in [0.1, 0.15) is 27.9 Å². The molecule has 2 N–H and O–H groups in total. The fourth-order valence-corrected chi connectivity index (χ4v) is 2.64. The molecular weight excluding hydrogens is 303 g/mol. The normalized spacial score (nSPS) is 10.5. The SMILES string of the molecule is Cc1ccccc1Cn1nc(Cc2ccc(F)cc2)c(C#N)c1N. The van der Waals surface area contributed by atoms with E-state index in [1.54, 1.807) is 16.8 Å². The summed E-state index contributed by atoms with van der Waals surface area (Å²) < 4.78 is 14.7. The zero-order chi connectivity index (χ0) is 17.1. The van der Waals surface area contributed by atoms with Gasteiger partial charge in [-0.25, -0.2) is 9.07 Å². The Hall–Kier alpha value is -3.13. The summed E-state index contributed by atoms with van der Waals surface area (Å²) in [5.41, 5.74) is 10.2. The van der Waals surface area contributed by atoms with E-state index in [0.717, 1.165) is 16.7 Å². The molecule has 0 aliphatic carbocycles. The quantitative estimate of drug-likeness (QED) is 0.801. The Morgan fingerprint density at radius 1 is 1.17 bits per heavy atom. The third-order valence-corrected chi connectivity index (χ3v) is 4.04. The molecule has 1 aromatic heterocycles. The summed E-state index contributed by atoms with van der Waals surface area (Å²) >= 11 is 0. The van der Waals surface area contributed by atoms with Gasteiger partial charge in [-0.1, -0.05) is 36.4 Å². The zero-order valence-corrected chi connectivity index (χ0v) is 13.3. The number of hydrogen-bond donors (Lipinski definition) is 1. The van der Waals surface area contributed by atoms with Crippen molar-refractivity contribution < 1.29 is 4.39 Å². The van der Waals surface area contributed by atoms with Gasteiger partial charge in [-0.2, -0.15) is 10.4 Å². The van der Waals surface area contributed by atoms with Gasteiger partial charge in [-0.3, -0.25) is 0 Å². The van der Waals surface area contributed by atoms with Crippen LogP contribution < -0.4 is 5.73 Å². The largest absolute Gasteiger partial charge is 0.383 e. The Morgan fingerprint density at radius 2 is 1.88 bits per heavy atom. The van der Waals surface area contributed by atoms with Crippen molar-refractivity contribution in [2.45, 2.75) is 19.9 Å². The van der Waals surface area contributed by atoms with Gasteiger partial charge in [0.2, 0.25) is 0 Å². The maximum atomic E-state index is 13.0. The van der Waals surface area contributed by atoms with Crippen LogP contribution >= 0.6 is 0 Å². The lowest BCUT2D eigenvalue weighted by molar-refractivity contribution is 0.627. The molecule has 0 spiro atoms. The fraction of sp³-hybridized carbons (Fsp3) is 0.158. The van der Waals surface area contributed by atoms with Gasteiger partial charge >= 0.3 is 0 Å². The molecule has 0 aliphatic rings. The van der Waals surface area contributed by atoms with Crippen molar-refractivity contribution in [3.8, 4) is 6.07 Å². The van der Waals surface area contributed by atoms with E-state index in [4.69, 9.17) is 5.73 Å². The first kappa shape index (κ1) is 15.8. The topological polar surface area (TPSA) is 67.6 Å². The highest BCUT2D eigenvalue weighted by atomic mass is 19.1. The molecule has 1 heterocycles. The van der Waals surface area contributed by atoms with Crippen LogP contribution in [0.4, 0.5) is 10.2 Å². The van der Waals surface area contributed by atoms with Crippen LogP contribution in [0.5, 0.6) is 0 Å². The van der Waals surface area contributed by atoms with Crippen molar-refractivity contribution in [2.75, 3.05) is 5.73 Å². The molecule has 2 aromatic carbocycles. The second-order valence-electron chi connectivity index (χ2n) is 5.71. The van der Waals surface area contributed by atoms with Crippen molar-refractivity contribution >= 4 is 5.82 Å². The molecule has 3 rings (SSSR count). The van der Waals surface area contributed by atoms with Crippen molar-refractivity contribution in [1.29, 1.82) is 5.26 Å². The average molecular weight is 320 g/mol. The number of aromatic nitrogens is 2. The average Bonchev–Trinajstić information content (AvgIpc) is 2.87. The van der Waals surface area contributed by atoms with E-state index in [0.29, 0.717) is 30.0 Å². The maximum Gasteiger partial charge on any atom is 0.140 e. The molecule has 120 valence electrons. The number of anilines is 1. The Balaban J connectivity index is 1.92. The molecule has 0 unspecified atom stereocenters. The van der Waals surface area contributed by atoms with Gasteiger partial charge in [0.15, 0.2) is 0 Å². The summed E-state index contributed by atoms with van der Waals surface area (Å²) in [5, 5.41) is 13.9. The first-order valence-electron chi connectivity index (χ1n) is 7.62. The second-order valence-corrected chi connectivity index (χ2v) is 5.71. The number of nitrogens with zero attached hydrogens (tertiary/aromatic N) is 3. The minimum absolute atomic E-state index is 0.288. The van der Waals surface area contributed by atoms with Gasteiger partial charge in [0.25, 0.3) is 0 Å². The number of aryl methyl sites for hydroxylation is 1. The highest BCUT2D eigenvalue weighted by Crippen LogP contribution is 2.21. The molecule has 0 radical (unpaired) electrons. The maximum absolute atomic E-state index is 13.0. The number of rotatable bonds is 4. The van der Waals surface area contributed by atoms with Crippen LogP contribution in [-0.2, 0) is 13.0 Å². The van der Waals surface area contributed by atoms with Crippen molar-refractivity contribution in [2.24, 2.45) is 0 Å². The number of nitriles is 1. The van der Waals surface area contributed by atoms with E-state index >= 15 is 0 Å². The van der Waals surface area contributed by atoms with Crippen LogP contribution in [0, 0.1) is 24.1 Å². The number of benzene rings is 2. The van der Waals surface area contributed by atoms with Crippen LogP contribution in [0.15, 0.2) is 48.5 Å². The summed E-state index contributed by atoms with van der Waals surface area (Å²) in [4.78, 5) is 0. The van der Waals surface area contributed by atoms with Gasteiger partial charge in [0.05, 0.1) is 12.2 Å². The molecule has 4 nitrogen and oxygen atoms in total. The number of nitrogen functional groups attached to an aromatic ring is 1. The van der Waals surface area contributed by atoms with E-state index in [1.165, 1.54) is 12.1 Å². The monoisotopic (exact) mass is 320 g/mol. The van der Waals surface area contributed by atoms with Gasteiger partial charge in [-0.05, 0) is 35.7 Å². The Kier molecular flexibility index (Phi) is 4.30. The summed E-state index contributed by atoms with van der Waals surface area (Å²) in [7, 11) is 0. The standard InChI is InChI=1S/C19H17FN4/c1-13-4-2-3-5-15(13)12-24-19(22)17(11-21)18(23-24)10-14-6-8-16(20)9-7-14/h2-9H,10,12,22H2,1H3. The Bertz CT molecular complexity index is 904. The summed E-state index contributed by atoms with van der Waals surface area (Å²) in [5.74, 6) is 0.0710. The van der Waals surface area contributed by atoms with E-state index < -0.39 is 0 Å². The molecular formula is C19H17FN4. The predicted octanol–water partition coefficient (Wildman–Crippen LogP) is 3.42. The highest BCUT2D eigenvalue weighted by Gasteiger charge is 2.16. The molecule has 0 fully saturated rings. The molecule has 5 heteroatoms. The molecule has 0 aliphatic heterocycles. The van der Waals surface area contributed by atoms with E-state index in [9.17, 15) is 9.65 Å². The fourth-order valence-electron chi connectivity index (χ4n) is 2.64. The predicted molar refractivity (Wildman–Crippen MR) is 90.8 cm³/mol. The smallest absolute Gasteiger partial charge is 0.140 e. The lowest BCUT2D eigenvalue weighted by Gasteiger charge is -2.07. The highest BCUT2D eigenvalue weighted by molar-refractivity contribution is 5.53. The molecule has 0 saturated heterocycles. The van der Waals surface area contributed by atoms with Crippen LogP contribution in [0.3, 0.4) is 0 Å². The van der Waals surface area contributed by atoms with E-state index in [-0.39, 0.29) is 5.82 Å². The summed E-state index contributed by atoms with van der Waals surface area (Å²) in [6.45, 7) is 2.54. The van der Waals surface area contributed by atoms with Crippen molar-refractivity contribution in [1.82, 2.24) is 9.78 Å². The molecule has 0 bridgehead atoms. The first-order valence-corrected chi connectivity index (χ1v) is 7.62. The van der Waals surface area contributed by atoms with Crippen LogP contribution in [0.2, 0.25) is 0 Å². The summed E-state index contributed by atoms with van der Waals surface area (Å²) in [6.07, 6.45) is 0.439. The molecule has 24 heavy (non-hydrogen) atoms. The van der Waals surface area contributed by atoms with Crippen molar-refractivity contribution in [3.05, 3.63) is 82.3 Å². The summed E-state index contributed by atoms with van der Waals surface area (Å²) in [6, 6.07) is 16.3. The molecule has 0 saturated carbocycles. The third kappa shape index (κ3) is 3.13. The minimum atomic E-state index is -0.288. The zero-order valence-electron chi connectivity index (χ0n) is 13.3. The number of halogens is 1. The van der Waals surface area contributed by atoms with E-state index in [2.05, 4.69) is 11.2 Å².